The van der Waals surface area contributed by atoms with Gasteiger partial charge in [0.1, 0.15) is 18.5 Å². The van der Waals surface area contributed by atoms with Gasteiger partial charge in [0.05, 0.1) is 5.69 Å². The number of ether oxygens (including phenoxy) is 1. The standard InChI is InChI=1S/C25H28ClN7O2S/c1-2-3-8-22-28-23(26)21(14-35-25(34)20(27)15-36)33(22)13-16-9-11-17(12-10-16)18-6-4-5-7-19(18)24-29-31-32-30-24/h4-7,9-12,20,36H,2-3,8,13-15,27H2,1H3,(H,29,30,31,32). The molecule has 2 aromatic carbocycles. The fourth-order valence-corrected chi connectivity index (χ4v) is 4.26. The molecule has 3 N–H and O–H groups in total. The van der Waals surface area contributed by atoms with Crippen LogP contribution in [0.15, 0.2) is 48.5 Å². The summed E-state index contributed by atoms with van der Waals surface area (Å²) in [5.41, 5.74) is 10.4. The number of nitrogens with one attached hydrogen (secondary N) is 1. The third-order valence-corrected chi connectivity index (χ3v) is 6.52. The second kappa shape index (κ2) is 12.2. The molecule has 1 atom stereocenters. The van der Waals surface area contributed by atoms with Gasteiger partial charge in [-0.05, 0) is 28.3 Å². The smallest absolute Gasteiger partial charge is 0.324 e. The van der Waals surface area contributed by atoms with Gasteiger partial charge >= 0.3 is 5.97 Å². The van der Waals surface area contributed by atoms with E-state index >= 15 is 0 Å². The number of carbonyl (C=O) groups excluding carboxylic acids is 1. The van der Waals surface area contributed by atoms with E-state index in [0.717, 1.165) is 47.3 Å². The Labute approximate surface area is 219 Å². The van der Waals surface area contributed by atoms with Gasteiger partial charge in [0.25, 0.3) is 0 Å². The summed E-state index contributed by atoms with van der Waals surface area (Å²) in [6, 6.07) is 15.4. The molecule has 1 unspecified atom stereocenters. The number of benzene rings is 2. The maximum Gasteiger partial charge on any atom is 0.324 e. The van der Waals surface area contributed by atoms with Crippen molar-refractivity contribution in [3.63, 3.8) is 0 Å². The number of carbonyl (C=O) groups is 1. The summed E-state index contributed by atoms with van der Waals surface area (Å²) in [5, 5.41) is 14.8. The molecule has 0 aliphatic heterocycles. The number of halogens is 1. The minimum Gasteiger partial charge on any atom is -0.458 e. The van der Waals surface area contributed by atoms with E-state index in [9.17, 15) is 4.79 Å². The van der Waals surface area contributed by atoms with Gasteiger partial charge < -0.3 is 15.0 Å². The number of thiol groups is 1. The lowest BCUT2D eigenvalue weighted by molar-refractivity contribution is -0.146. The number of esters is 1. The van der Waals surface area contributed by atoms with Crippen LogP contribution in [-0.4, -0.2) is 47.9 Å². The van der Waals surface area contributed by atoms with Crippen molar-refractivity contribution >= 4 is 30.2 Å². The Morgan fingerprint density at radius 1 is 1.19 bits per heavy atom. The average molecular weight is 526 g/mol. The SMILES string of the molecule is CCCCc1nc(Cl)c(COC(=O)C(N)CS)n1Cc1ccc(-c2ccccc2-c2nn[nH]n2)cc1. The zero-order valence-corrected chi connectivity index (χ0v) is 21.5. The number of aromatic nitrogens is 6. The molecule has 4 aromatic rings. The van der Waals surface area contributed by atoms with Crippen molar-refractivity contribution in [1.82, 2.24) is 30.2 Å². The molecule has 0 spiro atoms. The van der Waals surface area contributed by atoms with Crippen molar-refractivity contribution in [2.45, 2.75) is 45.4 Å². The van der Waals surface area contributed by atoms with Crippen LogP contribution in [0.2, 0.25) is 5.15 Å². The van der Waals surface area contributed by atoms with Crippen LogP contribution in [0.3, 0.4) is 0 Å². The van der Waals surface area contributed by atoms with Gasteiger partial charge in [-0.3, -0.25) is 4.79 Å². The number of nitrogens with zero attached hydrogens (tertiary/aromatic N) is 5. The molecular formula is C25H28ClN7O2S. The lowest BCUT2D eigenvalue weighted by Crippen LogP contribution is -2.34. The number of aromatic amines is 1. The first kappa shape index (κ1) is 25.9. The average Bonchev–Trinajstić information content (AvgIpc) is 3.54. The Kier molecular flexibility index (Phi) is 8.74. The monoisotopic (exact) mass is 525 g/mol. The molecule has 0 amide bonds. The van der Waals surface area contributed by atoms with E-state index in [1.165, 1.54) is 0 Å². The molecule has 0 aliphatic carbocycles. The van der Waals surface area contributed by atoms with Crippen molar-refractivity contribution in [3.05, 3.63) is 70.8 Å². The molecule has 36 heavy (non-hydrogen) atoms. The summed E-state index contributed by atoms with van der Waals surface area (Å²) in [6.07, 6.45) is 2.78. The van der Waals surface area contributed by atoms with E-state index in [-0.39, 0.29) is 12.4 Å². The number of hydrogen-bond acceptors (Lipinski definition) is 8. The van der Waals surface area contributed by atoms with Crippen LogP contribution in [0.5, 0.6) is 0 Å². The zero-order valence-electron chi connectivity index (χ0n) is 19.9. The molecule has 0 bridgehead atoms. The van der Waals surface area contributed by atoms with Crippen molar-refractivity contribution in [3.8, 4) is 22.5 Å². The highest BCUT2D eigenvalue weighted by molar-refractivity contribution is 7.80. The predicted molar refractivity (Wildman–Crippen MR) is 142 cm³/mol. The Morgan fingerprint density at radius 3 is 2.61 bits per heavy atom. The van der Waals surface area contributed by atoms with E-state index in [2.05, 4.69) is 69.4 Å². The second-order valence-electron chi connectivity index (χ2n) is 8.33. The van der Waals surface area contributed by atoms with Crippen molar-refractivity contribution in [2.24, 2.45) is 5.73 Å². The van der Waals surface area contributed by atoms with E-state index in [4.69, 9.17) is 22.1 Å². The van der Waals surface area contributed by atoms with Crippen LogP contribution < -0.4 is 5.73 Å². The number of aryl methyl sites for hydroxylation is 1. The maximum atomic E-state index is 12.1. The van der Waals surface area contributed by atoms with Crippen LogP contribution >= 0.6 is 24.2 Å². The number of hydrogen-bond donors (Lipinski definition) is 3. The molecule has 2 heterocycles. The summed E-state index contributed by atoms with van der Waals surface area (Å²) in [5.74, 6) is 1.09. The van der Waals surface area contributed by atoms with E-state index in [1.807, 2.05) is 28.8 Å². The van der Waals surface area contributed by atoms with Gasteiger partial charge in [-0.15, -0.1) is 10.2 Å². The number of H-pyrrole nitrogens is 1. The van der Waals surface area contributed by atoms with E-state index < -0.39 is 12.0 Å². The minimum atomic E-state index is -0.786. The molecule has 0 saturated carbocycles. The second-order valence-corrected chi connectivity index (χ2v) is 9.05. The summed E-state index contributed by atoms with van der Waals surface area (Å²) in [4.78, 5) is 16.7. The van der Waals surface area contributed by atoms with Gasteiger partial charge in [-0.2, -0.15) is 17.8 Å². The molecule has 0 aliphatic rings. The first-order valence-corrected chi connectivity index (χ1v) is 12.7. The fraction of sp³-hybridized carbons (Fsp3) is 0.320. The number of unbranched alkanes of at least 4 members (excludes halogenated alkanes) is 1. The van der Waals surface area contributed by atoms with Crippen LogP contribution in [0.25, 0.3) is 22.5 Å². The quantitative estimate of drug-likeness (QED) is 0.199. The van der Waals surface area contributed by atoms with Gasteiger partial charge in [0.15, 0.2) is 5.15 Å². The van der Waals surface area contributed by atoms with Crippen LogP contribution in [0.1, 0.15) is 36.8 Å². The maximum absolute atomic E-state index is 12.1. The summed E-state index contributed by atoms with van der Waals surface area (Å²) >= 11 is 10.5. The molecule has 0 fully saturated rings. The van der Waals surface area contributed by atoms with Crippen molar-refractivity contribution in [2.75, 3.05) is 5.75 Å². The topological polar surface area (TPSA) is 125 Å². The van der Waals surface area contributed by atoms with E-state index in [0.29, 0.717) is 23.2 Å². The number of rotatable bonds is 11. The normalized spacial score (nSPS) is 12.0. The van der Waals surface area contributed by atoms with Crippen LogP contribution in [0.4, 0.5) is 0 Å². The molecule has 0 radical (unpaired) electrons. The molecule has 9 nitrogen and oxygen atoms in total. The number of tetrazole rings is 1. The van der Waals surface area contributed by atoms with Crippen molar-refractivity contribution < 1.29 is 9.53 Å². The minimum absolute atomic E-state index is 0.00553. The Hall–Kier alpha value is -3.21. The summed E-state index contributed by atoms with van der Waals surface area (Å²) < 4.78 is 7.43. The van der Waals surface area contributed by atoms with Crippen LogP contribution in [-0.2, 0) is 29.1 Å². The molecule has 11 heteroatoms. The first-order chi connectivity index (χ1) is 17.5. The van der Waals surface area contributed by atoms with Gasteiger partial charge in [-0.1, -0.05) is 73.5 Å². The fourth-order valence-electron chi connectivity index (χ4n) is 3.85. The molecule has 0 saturated heterocycles. The van der Waals surface area contributed by atoms with Crippen molar-refractivity contribution in [1.29, 1.82) is 0 Å². The highest BCUT2D eigenvalue weighted by Crippen LogP contribution is 2.30. The molecule has 188 valence electrons. The lowest BCUT2D eigenvalue weighted by Gasteiger charge is -2.14. The van der Waals surface area contributed by atoms with Gasteiger partial charge in [-0.25, -0.2) is 4.98 Å². The highest BCUT2D eigenvalue weighted by atomic mass is 35.5. The van der Waals surface area contributed by atoms with Gasteiger partial charge in [0, 0.05) is 24.3 Å². The summed E-state index contributed by atoms with van der Waals surface area (Å²) in [6.45, 7) is 2.66. The van der Waals surface area contributed by atoms with Gasteiger partial charge in [0.2, 0.25) is 5.82 Å². The first-order valence-electron chi connectivity index (χ1n) is 11.7. The van der Waals surface area contributed by atoms with E-state index in [1.54, 1.807) is 0 Å². The molecule has 2 aromatic heterocycles. The Balaban J connectivity index is 1.59. The lowest BCUT2D eigenvalue weighted by atomic mass is 9.98. The predicted octanol–water partition coefficient (Wildman–Crippen LogP) is 4.07. The third-order valence-electron chi connectivity index (χ3n) is 5.83. The number of nitrogens with two attached hydrogens (primary N) is 1. The third kappa shape index (κ3) is 5.95. The highest BCUT2D eigenvalue weighted by Gasteiger charge is 2.20. The Bertz CT molecular complexity index is 1290. The zero-order chi connectivity index (χ0) is 25.5. The molecular weight excluding hydrogens is 498 g/mol. The largest absolute Gasteiger partial charge is 0.458 e. The Morgan fingerprint density at radius 2 is 1.94 bits per heavy atom. The number of imidazole rings is 1. The molecule has 4 rings (SSSR count). The van der Waals surface area contributed by atoms with Crippen LogP contribution in [0, 0.1) is 0 Å². The summed E-state index contributed by atoms with van der Waals surface area (Å²) in [7, 11) is 0.